The van der Waals surface area contributed by atoms with Crippen molar-refractivity contribution in [1.29, 1.82) is 0 Å². The molecule has 2 aromatic rings. The molecule has 0 radical (unpaired) electrons. The highest BCUT2D eigenvalue weighted by Gasteiger charge is 2.24. The molecule has 1 aliphatic rings. The lowest BCUT2D eigenvalue weighted by molar-refractivity contribution is -0.114. The predicted molar refractivity (Wildman–Crippen MR) is 84.4 cm³/mol. The number of rotatable bonds is 2. The standard InChI is InChI=1S/C17H16N2O3/c1-12(20)18-14-8-6-13(7-9-14)17(21)19-10-11-22-16-5-3-2-4-15(16)19/h2-9H,10-11H2,1H3,(H,18,20). The Morgan fingerprint density at radius 1 is 1.09 bits per heavy atom. The highest BCUT2D eigenvalue weighted by Crippen LogP contribution is 2.32. The average Bonchev–Trinajstić information content (AvgIpc) is 2.54. The van der Waals surface area contributed by atoms with Gasteiger partial charge in [0.1, 0.15) is 12.4 Å². The van der Waals surface area contributed by atoms with E-state index in [1.165, 1.54) is 6.92 Å². The fourth-order valence-corrected chi connectivity index (χ4v) is 2.44. The Morgan fingerprint density at radius 2 is 1.82 bits per heavy atom. The fourth-order valence-electron chi connectivity index (χ4n) is 2.44. The molecule has 2 aromatic carbocycles. The van der Waals surface area contributed by atoms with Crippen LogP contribution in [-0.4, -0.2) is 25.0 Å². The molecule has 3 rings (SSSR count). The third-order valence-electron chi connectivity index (χ3n) is 3.43. The molecule has 0 saturated carbocycles. The minimum Gasteiger partial charge on any atom is -0.490 e. The van der Waals surface area contributed by atoms with E-state index < -0.39 is 0 Å². The van der Waals surface area contributed by atoms with Gasteiger partial charge in [0.15, 0.2) is 0 Å². The Hall–Kier alpha value is -2.82. The van der Waals surface area contributed by atoms with E-state index in [1.54, 1.807) is 29.2 Å². The maximum atomic E-state index is 12.7. The van der Waals surface area contributed by atoms with Gasteiger partial charge in [0, 0.05) is 18.2 Å². The molecule has 112 valence electrons. The largest absolute Gasteiger partial charge is 0.490 e. The molecule has 0 unspecified atom stereocenters. The monoisotopic (exact) mass is 296 g/mol. The molecule has 0 fully saturated rings. The molecule has 0 aromatic heterocycles. The third-order valence-corrected chi connectivity index (χ3v) is 3.43. The van der Waals surface area contributed by atoms with Gasteiger partial charge in [0.05, 0.1) is 12.2 Å². The van der Waals surface area contributed by atoms with Crippen LogP contribution in [0.2, 0.25) is 0 Å². The van der Waals surface area contributed by atoms with E-state index in [-0.39, 0.29) is 11.8 Å². The van der Waals surface area contributed by atoms with Crippen molar-refractivity contribution in [2.24, 2.45) is 0 Å². The molecule has 1 N–H and O–H groups in total. The molecule has 0 spiro atoms. The van der Waals surface area contributed by atoms with Crippen molar-refractivity contribution >= 4 is 23.2 Å². The Bertz CT molecular complexity index is 710. The van der Waals surface area contributed by atoms with E-state index in [9.17, 15) is 9.59 Å². The summed E-state index contributed by atoms with van der Waals surface area (Å²) < 4.78 is 5.56. The molecule has 1 heterocycles. The van der Waals surface area contributed by atoms with Gasteiger partial charge >= 0.3 is 0 Å². The van der Waals surface area contributed by atoms with Gasteiger partial charge in [-0.3, -0.25) is 9.59 Å². The number of anilines is 2. The van der Waals surface area contributed by atoms with E-state index in [0.717, 1.165) is 11.4 Å². The van der Waals surface area contributed by atoms with E-state index >= 15 is 0 Å². The first kappa shape index (κ1) is 14.1. The molecule has 0 bridgehead atoms. The van der Waals surface area contributed by atoms with Gasteiger partial charge in [-0.05, 0) is 36.4 Å². The van der Waals surface area contributed by atoms with E-state index in [2.05, 4.69) is 5.32 Å². The van der Waals surface area contributed by atoms with Crippen LogP contribution in [0.1, 0.15) is 17.3 Å². The third kappa shape index (κ3) is 2.79. The first-order valence-electron chi connectivity index (χ1n) is 7.06. The molecule has 22 heavy (non-hydrogen) atoms. The van der Waals surface area contributed by atoms with Gasteiger partial charge in [0.2, 0.25) is 5.91 Å². The lowest BCUT2D eigenvalue weighted by Gasteiger charge is -2.29. The molecule has 0 saturated heterocycles. The number of hydrogen-bond donors (Lipinski definition) is 1. The minimum absolute atomic E-state index is 0.0786. The van der Waals surface area contributed by atoms with Crippen LogP contribution < -0.4 is 15.0 Å². The number of carbonyl (C=O) groups excluding carboxylic acids is 2. The minimum atomic E-state index is -0.138. The van der Waals surface area contributed by atoms with Crippen molar-refractivity contribution in [3.05, 3.63) is 54.1 Å². The second-order valence-electron chi connectivity index (χ2n) is 5.03. The van der Waals surface area contributed by atoms with E-state index in [0.29, 0.717) is 24.4 Å². The van der Waals surface area contributed by atoms with Crippen LogP contribution in [0.15, 0.2) is 48.5 Å². The first-order chi connectivity index (χ1) is 10.6. The zero-order valence-corrected chi connectivity index (χ0v) is 12.2. The number of hydrogen-bond acceptors (Lipinski definition) is 3. The lowest BCUT2D eigenvalue weighted by Crippen LogP contribution is -2.37. The van der Waals surface area contributed by atoms with Crippen LogP contribution in [0.5, 0.6) is 5.75 Å². The zero-order valence-electron chi connectivity index (χ0n) is 12.2. The number of benzene rings is 2. The van der Waals surface area contributed by atoms with Crippen LogP contribution in [0, 0.1) is 0 Å². The molecule has 5 heteroatoms. The zero-order chi connectivity index (χ0) is 15.5. The predicted octanol–water partition coefficient (Wildman–Crippen LogP) is 2.68. The summed E-state index contributed by atoms with van der Waals surface area (Å²) in [4.78, 5) is 25.4. The van der Waals surface area contributed by atoms with Gasteiger partial charge in [-0.25, -0.2) is 0 Å². The molecule has 1 aliphatic heterocycles. The second kappa shape index (κ2) is 5.89. The van der Waals surface area contributed by atoms with Gasteiger partial charge in [-0.15, -0.1) is 0 Å². The van der Waals surface area contributed by atoms with Crippen molar-refractivity contribution in [1.82, 2.24) is 0 Å². The highest BCUT2D eigenvalue weighted by molar-refractivity contribution is 6.07. The number of ether oxygens (including phenoxy) is 1. The average molecular weight is 296 g/mol. The molecule has 5 nitrogen and oxygen atoms in total. The fraction of sp³-hybridized carbons (Fsp3) is 0.176. The Labute approximate surface area is 128 Å². The van der Waals surface area contributed by atoms with Crippen molar-refractivity contribution in [2.75, 3.05) is 23.4 Å². The van der Waals surface area contributed by atoms with Crippen molar-refractivity contribution in [3.63, 3.8) is 0 Å². The Kier molecular flexibility index (Phi) is 3.78. The highest BCUT2D eigenvalue weighted by atomic mass is 16.5. The number of amides is 2. The quantitative estimate of drug-likeness (QED) is 0.927. The van der Waals surface area contributed by atoms with Crippen molar-refractivity contribution in [2.45, 2.75) is 6.92 Å². The van der Waals surface area contributed by atoms with E-state index in [4.69, 9.17) is 4.74 Å². The molecule has 0 atom stereocenters. The maximum Gasteiger partial charge on any atom is 0.258 e. The van der Waals surface area contributed by atoms with Gasteiger partial charge in [-0.1, -0.05) is 12.1 Å². The lowest BCUT2D eigenvalue weighted by atomic mass is 10.1. The molecule has 0 aliphatic carbocycles. The van der Waals surface area contributed by atoms with Crippen LogP contribution >= 0.6 is 0 Å². The SMILES string of the molecule is CC(=O)Nc1ccc(C(=O)N2CCOc3ccccc32)cc1. The van der Waals surface area contributed by atoms with Gasteiger partial charge < -0.3 is 15.0 Å². The number of fused-ring (bicyclic) bond motifs is 1. The van der Waals surface area contributed by atoms with E-state index in [1.807, 2.05) is 24.3 Å². The first-order valence-corrected chi connectivity index (χ1v) is 7.06. The smallest absolute Gasteiger partial charge is 0.258 e. The summed E-state index contributed by atoms with van der Waals surface area (Å²) in [5, 5.41) is 2.68. The van der Waals surface area contributed by atoms with Gasteiger partial charge in [-0.2, -0.15) is 0 Å². The van der Waals surface area contributed by atoms with Crippen LogP contribution in [0.25, 0.3) is 0 Å². The normalized spacial score (nSPS) is 13.0. The summed E-state index contributed by atoms with van der Waals surface area (Å²) >= 11 is 0. The van der Waals surface area contributed by atoms with Crippen LogP contribution in [0.3, 0.4) is 0 Å². The molecular formula is C17H16N2O3. The van der Waals surface area contributed by atoms with Crippen molar-refractivity contribution in [3.8, 4) is 5.75 Å². The summed E-state index contributed by atoms with van der Waals surface area (Å²) in [6, 6.07) is 14.4. The number of carbonyl (C=O) groups is 2. The van der Waals surface area contributed by atoms with Crippen molar-refractivity contribution < 1.29 is 14.3 Å². The molecular weight excluding hydrogens is 280 g/mol. The summed E-state index contributed by atoms with van der Waals surface area (Å²) in [5.41, 5.74) is 2.03. The summed E-state index contributed by atoms with van der Waals surface area (Å²) in [5.74, 6) is 0.503. The topological polar surface area (TPSA) is 58.6 Å². The number of para-hydroxylation sites is 2. The van der Waals surface area contributed by atoms with Gasteiger partial charge in [0.25, 0.3) is 5.91 Å². The molecule has 2 amide bonds. The number of nitrogens with one attached hydrogen (secondary N) is 1. The summed E-state index contributed by atoms with van der Waals surface area (Å²) in [6.07, 6.45) is 0. The number of nitrogens with zero attached hydrogens (tertiary/aromatic N) is 1. The second-order valence-corrected chi connectivity index (χ2v) is 5.03. The summed E-state index contributed by atoms with van der Waals surface area (Å²) in [7, 11) is 0. The summed E-state index contributed by atoms with van der Waals surface area (Å²) in [6.45, 7) is 2.44. The Balaban J connectivity index is 1.84. The Morgan fingerprint density at radius 3 is 2.55 bits per heavy atom. The van der Waals surface area contributed by atoms with Crippen LogP contribution in [0.4, 0.5) is 11.4 Å². The maximum absolute atomic E-state index is 12.7. The van der Waals surface area contributed by atoms with Crippen LogP contribution in [-0.2, 0) is 4.79 Å².